The third-order valence-corrected chi connectivity index (χ3v) is 5.00. The molecule has 0 radical (unpaired) electrons. The van der Waals surface area contributed by atoms with Crippen LogP contribution in [0.3, 0.4) is 0 Å². The molecule has 25 heavy (non-hydrogen) atoms. The highest BCUT2D eigenvalue weighted by molar-refractivity contribution is 5.81. The summed E-state index contributed by atoms with van der Waals surface area (Å²) in [4.78, 5) is 11.4. The summed E-state index contributed by atoms with van der Waals surface area (Å²) in [6, 6.07) is 0. The molecular weight excluding hydrogens is 316 g/mol. The van der Waals surface area contributed by atoms with Crippen LogP contribution in [0.15, 0.2) is 0 Å². The number of Topliss-reactive ketones (excluding diaryl/α,β-unsaturated/α-hetero) is 1. The van der Waals surface area contributed by atoms with Crippen LogP contribution in [0.2, 0.25) is 0 Å². The number of carbonyl (C=O) groups is 1. The van der Waals surface area contributed by atoms with E-state index < -0.39 is 11.9 Å². The van der Waals surface area contributed by atoms with Crippen LogP contribution in [0, 0.1) is 0 Å². The van der Waals surface area contributed by atoms with Crippen molar-refractivity contribution in [3.05, 3.63) is 0 Å². The molecular formula is C21H40O4. The molecule has 0 aromatic heterocycles. The average Bonchev–Trinajstić information content (AvgIpc) is 2.61. The number of hydrogen-bond acceptors (Lipinski definition) is 4. The second kappa shape index (κ2) is 13.7. The zero-order valence-corrected chi connectivity index (χ0v) is 16.8. The van der Waals surface area contributed by atoms with Crippen LogP contribution in [-0.2, 0) is 19.0 Å². The van der Waals surface area contributed by atoms with Crippen molar-refractivity contribution < 1.29 is 19.0 Å². The van der Waals surface area contributed by atoms with Crippen LogP contribution in [0.25, 0.3) is 0 Å². The Morgan fingerprint density at radius 2 is 1.40 bits per heavy atom. The van der Waals surface area contributed by atoms with Crippen LogP contribution in [0.1, 0.15) is 97.8 Å². The molecule has 0 aromatic carbocycles. The Morgan fingerprint density at radius 3 is 2.00 bits per heavy atom. The van der Waals surface area contributed by atoms with Gasteiger partial charge in [0.1, 0.15) is 18.8 Å². The Morgan fingerprint density at radius 1 is 0.880 bits per heavy atom. The standard InChI is InChI=1S/C21H40O4/c1-4-6-8-10-11-12-13-15-21(3,25-16-14-9-7-5-2)20-23-17-19(22)18-24-20/h20H,4-18H2,1-3H3. The molecule has 1 aliphatic heterocycles. The largest absolute Gasteiger partial charge is 0.370 e. The van der Waals surface area contributed by atoms with Crippen LogP contribution >= 0.6 is 0 Å². The Balaban J connectivity index is 2.37. The molecule has 0 aromatic rings. The topological polar surface area (TPSA) is 44.8 Å². The smallest absolute Gasteiger partial charge is 0.187 e. The molecule has 1 atom stereocenters. The van der Waals surface area contributed by atoms with E-state index in [9.17, 15) is 4.79 Å². The van der Waals surface area contributed by atoms with E-state index in [4.69, 9.17) is 14.2 Å². The minimum Gasteiger partial charge on any atom is -0.370 e. The van der Waals surface area contributed by atoms with Gasteiger partial charge in [0, 0.05) is 6.61 Å². The lowest BCUT2D eigenvalue weighted by Gasteiger charge is -2.38. The van der Waals surface area contributed by atoms with Crippen molar-refractivity contribution in [1.29, 1.82) is 0 Å². The molecule has 4 heteroatoms. The molecule has 0 aliphatic carbocycles. The molecule has 4 nitrogen and oxygen atoms in total. The maximum absolute atomic E-state index is 11.4. The van der Waals surface area contributed by atoms with Gasteiger partial charge in [-0.05, 0) is 19.8 Å². The lowest BCUT2D eigenvalue weighted by atomic mass is 9.95. The van der Waals surface area contributed by atoms with E-state index in [1.54, 1.807) is 0 Å². The van der Waals surface area contributed by atoms with Gasteiger partial charge in [-0.2, -0.15) is 0 Å². The molecule has 0 saturated carbocycles. The summed E-state index contributed by atoms with van der Waals surface area (Å²) in [5.74, 6) is 0.0115. The second-order valence-electron chi connectivity index (χ2n) is 7.59. The van der Waals surface area contributed by atoms with Crippen LogP contribution in [0.4, 0.5) is 0 Å². The predicted octanol–water partition coefficient (Wildman–Crippen LogP) is 5.42. The molecule has 0 N–H and O–H groups in total. The number of ketones is 1. The second-order valence-corrected chi connectivity index (χ2v) is 7.59. The van der Waals surface area contributed by atoms with Crippen molar-refractivity contribution >= 4 is 5.78 Å². The molecule has 1 unspecified atom stereocenters. The van der Waals surface area contributed by atoms with Crippen LogP contribution in [-0.4, -0.2) is 37.5 Å². The molecule has 0 bridgehead atoms. The number of ether oxygens (including phenoxy) is 3. The average molecular weight is 357 g/mol. The summed E-state index contributed by atoms with van der Waals surface area (Å²) in [6.07, 6.45) is 14.2. The fourth-order valence-electron chi connectivity index (χ4n) is 3.30. The van der Waals surface area contributed by atoms with Gasteiger partial charge in [-0.3, -0.25) is 4.79 Å². The highest BCUT2D eigenvalue weighted by Crippen LogP contribution is 2.29. The Hall–Kier alpha value is -0.450. The Bertz CT molecular complexity index is 335. The van der Waals surface area contributed by atoms with Gasteiger partial charge in [0.05, 0.1) is 0 Å². The summed E-state index contributed by atoms with van der Waals surface area (Å²) in [6.45, 7) is 7.59. The first kappa shape index (κ1) is 22.6. The van der Waals surface area contributed by atoms with E-state index in [1.807, 2.05) is 0 Å². The SMILES string of the molecule is CCCCCCCCCC(C)(OCCCCCC)C1OCC(=O)CO1. The van der Waals surface area contributed by atoms with E-state index in [1.165, 1.54) is 57.8 Å². The minimum absolute atomic E-state index is 0.0115. The number of unbranched alkanes of at least 4 members (excludes halogenated alkanes) is 9. The zero-order chi connectivity index (χ0) is 18.4. The lowest BCUT2D eigenvalue weighted by molar-refractivity contribution is -0.262. The first-order chi connectivity index (χ1) is 12.1. The summed E-state index contributed by atoms with van der Waals surface area (Å²) in [5, 5.41) is 0. The molecule has 0 amide bonds. The van der Waals surface area contributed by atoms with Crippen molar-refractivity contribution in [2.75, 3.05) is 19.8 Å². The van der Waals surface area contributed by atoms with Crippen molar-refractivity contribution in [2.24, 2.45) is 0 Å². The van der Waals surface area contributed by atoms with Crippen molar-refractivity contribution in [2.45, 2.75) is 110 Å². The highest BCUT2D eigenvalue weighted by atomic mass is 16.7. The maximum atomic E-state index is 11.4. The Labute approximate surface area is 155 Å². The van der Waals surface area contributed by atoms with Gasteiger partial charge in [-0.15, -0.1) is 0 Å². The predicted molar refractivity (Wildman–Crippen MR) is 102 cm³/mol. The summed E-state index contributed by atoms with van der Waals surface area (Å²) in [7, 11) is 0. The molecule has 0 spiro atoms. The fourth-order valence-corrected chi connectivity index (χ4v) is 3.30. The molecule has 1 saturated heterocycles. The van der Waals surface area contributed by atoms with Crippen molar-refractivity contribution in [3.63, 3.8) is 0 Å². The summed E-state index contributed by atoms with van der Waals surface area (Å²) >= 11 is 0. The summed E-state index contributed by atoms with van der Waals surface area (Å²) in [5.41, 5.74) is -0.448. The zero-order valence-electron chi connectivity index (χ0n) is 16.8. The highest BCUT2D eigenvalue weighted by Gasteiger charge is 2.39. The van der Waals surface area contributed by atoms with E-state index in [2.05, 4.69) is 20.8 Å². The van der Waals surface area contributed by atoms with Gasteiger partial charge in [0.15, 0.2) is 12.1 Å². The molecule has 1 aliphatic rings. The maximum Gasteiger partial charge on any atom is 0.187 e. The van der Waals surface area contributed by atoms with Crippen LogP contribution < -0.4 is 0 Å². The van der Waals surface area contributed by atoms with Gasteiger partial charge < -0.3 is 14.2 Å². The quantitative estimate of drug-likeness (QED) is 0.367. The third kappa shape index (κ3) is 9.72. The first-order valence-electron chi connectivity index (χ1n) is 10.5. The first-order valence-corrected chi connectivity index (χ1v) is 10.5. The number of rotatable bonds is 15. The van der Waals surface area contributed by atoms with Gasteiger partial charge in [-0.1, -0.05) is 78.1 Å². The minimum atomic E-state index is -0.448. The van der Waals surface area contributed by atoms with E-state index in [-0.39, 0.29) is 19.0 Å². The molecule has 1 rings (SSSR count). The molecule has 1 fully saturated rings. The van der Waals surface area contributed by atoms with Gasteiger partial charge in [0.25, 0.3) is 0 Å². The van der Waals surface area contributed by atoms with Gasteiger partial charge in [-0.25, -0.2) is 0 Å². The monoisotopic (exact) mass is 356 g/mol. The third-order valence-electron chi connectivity index (χ3n) is 5.00. The van der Waals surface area contributed by atoms with Crippen molar-refractivity contribution in [3.8, 4) is 0 Å². The van der Waals surface area contributed by atoms with E-state index in [0.717, 1.165) is 25.9 Å². The van der Waals surface area contributed by atoms with Crippen LogP contribution in [0.5, 0.6) is 0 Å². The number of hydrogen-bond donors (Lipinski definition) is 0. The van der Waals surface area contributed by atoms with E-state index in [0.29, 0.717) is 0 Å². The number of carbonyl (C=O) groups excluding carboxylic acids is 1. The normalized spacial score (nSPS) is 18.4. The van der Waals surface area contributed by atoms with Gasteiger partial charge >= 0.3 is 0 Å². The lowest BCUT2D eigenvalue weighted by Crippen LogP contribution is -2.49. The van der Waals surface area contributed by atoms with Gasteiger partial charge in [0.2, 0.25) is 0 Å². The fraction of sp³-hybridized carbons (Fsp3) is 0.952. The van der Waals surface area contributed by atoms with Crippen molar-refractivity contribution in [1.82, 2.24) is 0 Å². The molecule has 1 heterocycles. The Kier molecular flexibility index (Phi) is 12.4. The molecule has 148 valence electrons. The van der Waals surface area contributed by atoms with E-state index >= 15 is 0 Å². The summed E-state index contributed by atoms with van der Waals surface area (Å²) < 4.78 is 17.5.